The summed E-state index contributed by atoms with van der Waals surface area (Å²) in [5, 5.41) is 3.37. The fourth-order valence-electron chi connectivity index (χ4n) is 1.66. The lowest BCUT2D eigenvalue weighted by molar-refractivity contribution is 0.144. The number of hydrogen-bond donors (Lipinski definition) is 1. The molecule has 5 nitrogen and oxygen atoms in total. The average molecular weight is 238 g/mol. The van der Waals surface area contributed by atoms with Crippen LogP contribution >= 0.6 is 0 Å². The van der Waals surface area contributed by atoms with Gasteiger partial charge in [-0.25, -0.2) is 4.98 Å². The van der Waals surface area contributed by atoms with Crippen molar-refractivity contribution in [3.8, 4) is 5.88 Å². The van der Waals surface area contributed by atoms with E-state index in [1.807, 2.05) is 12.1 Å². The first-order chi connectivity index (χ1) is 8.38. The lowest BCUT2D eigenvalue weighted by Gasteiger charge is -2.12. The maximum atomic E-state index is 5.38. The van der Waals surface area contributed by atoms with Crippen molar-refractivity contribution in [1.29, 1.82) is 0 Å². The first-order valence-electron chi connectivity index (χ1n) is 5.80. The molecule has 0 bridgehead atoms. The van der Waals surface area contributed by atoms with Crippen molar-refractivity contribution in [3.63, 3.8) is 0 Å². The summed E-state index contributed by atoms with van der Waals surface area (Å²) in [6, 6.07) is 4.22. The number of nitrogens with one attached hydrogen (secondary N) is 1. The van der Waals surface area contributed by atoms with E-state index in [0.29, 0.717) is 25.1 Å². The number of nitrogens with zero attached hydrogens (tertiary/aromatic N) is 1. The zero-order valence-corrected chi connectivity index (χ0v) is 10.0. The predicted octanol–water partition coefficient (Wildman–Crippen LogP) is 1.31. The van der Waals surface area contributed by atoms with Gasteiger partial charge in [0.15, 0.2) is 0 Å². The van der Waals surface area contributed by atoms with Gasteiger partial charge >= 0.3 is 0 Å². The van der Waals surface area contributed by atoms with Gasteiger partial charge in [0, 0.05) is 19.8 Å². The number of hydrogen-bond acceptors (Lipinski definition) is 5. The SMILES string of the molecule is COCCOc1ccc(NC2CCOC2)cn1. The second-order valence-electron chi connectivity index (χ2n) is 3.93. The molecule has 1 aromatic rings. The maximum Gasteiger partial charge on any atom is 0.213 e. The van der Waals surface area contributed by atoms with Crippen molar-refractivity contribution < 1.29 is 14.2 Å². The predicted molar refractivity (Wildman–Crippen MR) is 64.5 cm³/mol. The van der Waals surface area contributed by atoms with Crippen LogP contribution in [0.5, 0.6) is 5.88 Å². The highest BCUT2D eigenvalue weighted by Crippen LogP contribution is 2.15. The molecule has 0 aliphatic carbocycles. The van der Waals surface area contributed by atoms with Crippen LogP contribution in [0.25, 0.3) is 0 Å². The van der Waals surface area contributed by atoms with Crippen LogP contribution in [0.2, 0.25) is 0 Å². The van der Waals surface area contributed by atoms with E-state index < -0.39 is 0 Å². The van der Waals surface area contributed by atoms with Crippen LogP contribution in [-0.4, -0.2) is 44.6 Å². The molecule has 2 rings (SSSR count). The first kappa shape index (κ1) is 12.1. The van der Waals surface area contributed by atoms with Gasteiger partial charge in [0.05, 0.1) is 31.1 Å². The molecule has 0 radical (unpaired) electrons. The Labute approximate surface area is 101 Å². The van der Waals surface area contributed by atoms with E-state index in [4.69, 9.17) is 14.2 Å². The van der Waals surface area contributed by atoms with Gasteiger partial charge in [-0.1, -0.05) is 0 Å². The minimum atomic E-state index is 0.400. The molecule has 2 heterocycles. The Morgan fingerprint density at radius 2 is 2.41 bits per heavy atom. The molecule has 0 spiro atoms. The Balaban J connectivity index is 1.80. The molecule has 5 heteroatoms. The Hall–Kier alpha value is -1.33. The summed E-state index contributed by atoms with van der Waals surface area (Å²) < 4.78 is 15.6. The van der Waals surface area contributed by atoms with Crippen LogP contribution in [0.4, 0.5) is 5.69 Å². The van der Waals surface area contributed by atoms with Crippen LogP contribution in [0, 0.1) is 0 Å². The van der Waals surface area contributed by atoms with E-state index in [2.05, 4.69) is 10.3 Å². The van der Waals surface area contributed by atoms with Gasteiger partial charge in [-0.05, 0) is 12.5 Å². The Morgan fingerprint density at radius 1 is 1.47 bits per heavy atom. The minimum absolute atomic E-state index is 0.400. The lowest BCUT2D eigenvalue weighted by atomic mass is 10.2. The monoisotopic (exact) mass is 238 g/mol. The third-order valence-corrected chi connectivity index (χ3v) is 2.57. The zero-order chi connectivity index (χ0) is 11.9. The second-order valence-corrected chi connectivity index (χ2v) is 3.93. The number of pyridine rings is 1. The molecule has 1 aliphatic heterocycles. The average Bonchev–Trinajstić information content (AvgIpc) is 2.85. The highest BCUT2D eigenvalue weighted by atomic mass is 16.5. The van der Waals surface area contributed by atoms with Crippen molar-refractivity contribution in [2.24, 2.45) is 0 Å². The summed E-state index contributed by atoms with van der Waals surface area (Å²) in [4.78, 5) is 4.21. The molecule has 1 saturated heterocycles. The van der Waals surface area contributed by atoms with Gasteiger partial charge in [-0.2, -0.15) is 0 Å². The Kier molecular flexibility index (Phi) is 4.58. The van der Waals surface area contributed by atoms with Crippen LogP contribution < -0.4 is 10.1 Å². The molecule has 1 fully saturated rings. The third kappa shape index (κ3) is 3.87. The third-order valence-electron chi connectivity index (χ3n) is 2.57. The molecular formula is C12H18N2O3. The fraction of sp³-hybridized carbons (Fsp3) is 0.583. The molecule has 0 amide bonds. The standard InChI is InChI=1S/C12H18N2O3/c1-15-6-7-17-12-3-2-10(8-13-12)14-11-4-5-16-9-11/h2-3,8,11,14H,4-7,9H2,1H3. The van der Waals surface area contributed by atoms with Crippen molar-refractivity contribution in [1.82, 2.24) is 4.98 Å². The summed E-state index contributed by atoms with van der Waals surface area (Å²) in [6.45, 7) is 2.70. The van der Waals surface area contributed by atoms with E-state index >= 15 is 0 Å². The van der Waals surface area contributed by atoms with Crippen LogP contribution in [0.15, 0.2) is 18.3 Å². The van der Waals surface area contributed by atoms with Crippen LogP contribution in [-0.2, 0) is 9.47 Å². The second kappa shape index (κ2) is 6.42. The quantitative estimate of drug-likeness (QED) is 0.757. The van der Waals surface area contributed by atoms with E-state index in [1.165, 1.54) is 0 Å². The number of rotatable bonds is 6. The molecular weight excluding hydrogens is 220 g/mol. The zero-order valence-electron chi connectivity index (χ0n) is 10.0. The van der Waals surface area contributed by atoms with Crippen molar-refractivity contribution in [3.05, 3.63) is 18.3 Å². The molecule has 94 valence electrons. The van der Waals surface area contributed by atoms with E-state index in [9.17, 15) is 0 Å². The Morgan fingerprint density at radius 3 is 3.06 bits per heavy atom. The smallest absolute Gasteiger partial charge is 0.213 e. The molecule has 1 unspecified atom stereocenters. The van der Waals surface area contributed by atoms with Crippen molar-refractivity contribution in [2.75, 3.05) is 38.9 Å². The topological polar surface area (TPSA) is 52.6 Å². The molecule has 1 atom stereocenters. The van der Waals surface area contributed by atoms with E-state index in [1.54, 1.807) is 13.3 Å². The highest BCUT2D eigenvalue weighted by Gasteiger charge is 2.14. The molecule has 1 N–H and O–H groups in total. The molecule has 0 aromatic carbocycles. The van der Waals surface area contributed by atoms with Gasteiger partial charge in [-0.15, -0.1) is 0 Å². The van der Waals surface area contributed by atoms with Crippen LogP contribution in [0.1, 0.15) is 6.42 Å². The summed E-state index contributed by atoms with van der Waals surface area (Å²) in [5.41, 5.74) is 1.000. The molecule has 17 heavy (non-hydrogen) atoms. The summed E-state index contributed by atoms with van der Waals surface area (Å²) in [7, 11) is 1.65. The van der Waals surface area contributed by atoms with Gasteiger partial charge in [0.1, 0.15) is 6.61 Å². The number of aromatic nitrogens is 1. The highest BCUT2D eigenvalue weighted by molar-refractivity contribution is 5.43. The molecule has 0 saturated carbocycles. The van der Waals surface area contributed by atoms with E-state index in [-0.39, 0.29) is 0 Å². The molecule has 1 aromatic heterocycles. The van der Waals surface area contributed by atoms with Gasteiger partial charge in [-0.3, -0.25) is 0 Å². The Bertz CT molecular complexity index is 323. The number of anilines is 1. The van der Waals surface area contributed by atoms with Crippen molar-refractivity contribution >= 4 is 5.69 Å². The minimum Gasteiger partial charge on any atom is -0.475 e. The number of methoxy groups -OCH3 is 1. The van der Waals surface area contributed by atoms with E-state index in [0.717, 1.165) is 25.3 Å². The largest absolute Gasteiger partial charge is 0.475 e. The summed E-state index contributed by atoms with van der Waals surface area (Å²) in [5.74, 6) is 0.621. The summed E-state index contributed by atoms with van der Waals surface area (Å²) in [6.07, 6.45) is 2.83. The first-order valence-corrected chi connectivity index (χ1v) is 5.80. The molecule has 1 aliphatic rings. The lowest BCUT2D eigenvalue weighted by Crippen LogP contribution is -2.18. The van der Waals surface area contributed by atoms with Crippen LogP contribution in [0.3, 0.4) is 0 Å². The normalized spacial score (nSPS) is 19.2. The van der Waals surface area contributed by atoms with Gasteiger partial charge in [0.25, 0.3) is 0 Å². The van der Waals surface area contributed by atoms with Gasteiger partial charge in [0.2, 0.25) is 5.88 Å². The number of ether oxygens (including phenoxy) is 3. The van der Waals surface area contributed by atoms with Crippen molar-refractivity contribution in [2.45, 2.75) is 12.5 Å². The fourth-order valence-corrected chi connectivity index (χ4v) is 1.66. The maximum absolute atomic E-state index is 5.38. The summed E-state index contributed by atoms with van der Waals surface area (Å²) >= 11 is 0. The van der Waals surface area contributed by atoms with Gasteiger partial charge < -0.3 is 19.5 Å².